The molecule has 5 aromatic rings. The van der Waals surface area contributed by atoms with E-state index < -0.39 is 6.29 Å². The number of nitrogens with zero attached hydrogens (tertiary/aromatic N) is 1. The van der Waals surface area contributed by atoms with Gasteiger partial charge >= 0.3 is 6.03 Å². The van der Waals surface area contributed by atoms with E-state index in [1.54, 1.807) is 0 Å². The zero-order chi connectivity index (χ0) is 34.3. The number of carbonyl (C=O) groups is 1. The first-order chi connectivity index (χ1) is 23.8. The first-order valence-corrected chi connectivity index (χ1v) is 17.2. The van der Waals surface area contributed by atoms with Crippen LogP contribution in [0, 0.1) is 5.92 Å². The molecular weight excluding hydrogens is 610 g/mol. The summed E-state index contributed by atoms with van der Waals surface area (Å²) in [6, 6.07) is 39.7. The Morgan fingerprint density at radius 2 is 1.53 bits per heavy atom. The topological polar surface area (TPSA) is 83.1 Å². The molecule has 1 aliphatic rings. The molecule has 3 N–H and O–H groups in total. The highest BCUT2D eigenvalue weighted by Gasteiger charge is 2.39. The number of likely N-dealkylation sites (N-methyl/N-ethyl adjacent to an activating group) is 1. The highest BCUT2D eigenvalue weighted by Crippen LogP contribution is 2.42. The maximum atomic E-state index is 12.1. The third kappa shape index (κ3) is 8.03. The first-order valence-electron chi connectivity index (χ1n) is 17.2. The van der Waals surface area contributed by atoms with Gasteiger partial charge in [0.05, 0.1) is 18.8 Å². The van der Waals surface area contributed by atoms with E-state index in [9.17, 15) is 9.90 Å². The van der Waals surface area contributed by atoms with Gasteiger partial charge in [-0.2, -0.15) is 0 Å². The minimum atomic E-state index is -0.559. The third-order valence-corrected chi connectivity index (χ3v) is 9.80. The van der Waals surface area contributed by atoms with Crippen molar-refractivity contribution < 1.29 is 19.4 Å². The van der Waals surface area contributed by atoms with Crippen molar-refractivity contribution in [2.45, 2.75) is 58.5 Å². The van der Waals surface area contributed by atoms with Crippen molar-refractivity contribution in [3.8, 4) is 11.1 Å². The molecule has 7 heteroatoms. The summed E-state index contributed by atoms with van der Waals surface area (Å²) in [6.45, 7) is 8.09. The number of hydrogen-bond acceptors (Lipinski definition) is 5. The molecule has 0 saturated carbocycles. The first kappa shape index (κ1) is 34.3. The summed E-state index contributed by atoms with van der Waals surface area (Å²) in [5, 5.41) is 17.9. The quantitative estimate of drug-likeness (QED) is 0.133. The largest absolute Gasteiger partial charge is 0.392 e. The average Bonchev–Trinajstić information content (AvgIpc) is 3.14. The van der Waals surface area contributed by atoms with E-state index in [4.69, 9.17) is 9.47 Å². The molecule has 0 spiro atoms. The van der Waals surface area contributed by atoms with Crippen molar-refractivity contribution >= 4 is 16.8 Å². The van der Waals surface area contributed by atoms with E-state index in [0.29, 0.717) is 13.1 Å². The zero-order valence-electron chi connectivity index (χ0n) is 28.8. The van der Waals surface area contributed by atoms with E-state index >= 15 is 0 Å². The van der Waals surface area contributed by atoms with Crippen molar-refractivity contribution in [3.05, 3.63) is 143 Å². The van der Waals surface area contributed by atoms with Gasteiger partial charge in [0.2, 0.25) is 0 Å². The summed E-state index contributed by atoms with van der Waals surface area (Å²) in [4.78, 5) is 14.4. The number of fused-ring (bicyclic) bond motifs is 1. The number of nitrogens with one attached hydrogen (secondary N) is 2. The van der Waals surface area contributed by atoms with Crippen LogP contribution in [0.5, 0.6) is 0 Å². The van der Waals surface area contributed by atoms with Gasteiger partial charge in [0.25, 0.3) is 0 Å². The SMILES string of the molecule is CCNC(=O)NCc1ccccc1-c1ccc([C@@H]2O[C@H](CN(C)[C@H](C)c3ccc4ccccc4c3)[C@H](C)[C@H](c3ccc(CO)cc3)O2)cc1. The Morgan fingerprint density at radius 3 is 2.27 bits per heavy atom. The molecule has 1 saturated heterocycles. The van der Waals surface area contributed by atoms with Crippen molar-refractivity contribution in [1.82, 2.24) is 15.5 Å². The van der Waals surface area contributed by atoms with Crippen LogP contribution in [0.1, 0.15) is 67.0 Å². The van der Waals surface area contributed by atoms with Gasteiger partial charge in [-0.15, -0.1) is 0 Å². The number of aliphatic hydroxyl groups excluding tert-OH is 1. The fourth-order valence-corrected chi connectivity index (χ4v) is 6.67. The molecule has 5 atom stereocenters. The van der Waals surface area contributed by atoms with Gasteiger partial charge in [0, 0.05) is 37.2 Å². The highest BCUT2D eigenvalue weighted by molar-refractivity contribution is 5.83. The average molecular weight is 658 g/mol. The van der Waals surface area contributed by atoms with Gasteiger partial charge in [0.1, 0.15) is 0 Å². The third-order valence-electron chi connectivity index (χ3n) is 9.80. The molecular formula is C42H47N3O4. The second kappa shape index (κ2) is 15.8. The number of urea groups is 1. The van der Waals surface area contributed by atoms with Crippen molar-refractivity contribution in [1.29, 1.82) is 0 Å². The molecule has 1 heterocycles. The highest BCUT2D eigenvalue weighted by atomic mass is 16.7. The summed E-state index contributed by atoms with van der Waals surface area (Å²) in [7, 11) is 2.17. The second-order valence-corrected chi connectivity index (χ2v) is 13.0. The Kier molecular flexibility index (Phi) is 11.1. The Morgan fingerprint density at radius 1 is 0.837 bits per heavy atom. The van der Waals surface area contributed by atoms with Gasteiger partial charge in [-0.25, -0.2) is 4.79 Å². The number of hydrogen-bond donors (Lipinski definition) is 3. The van der Waals surface area contributed by atoms with E-state index in [-0.39, 0.29) is 36.8 Å². The molecule has 1 aliphatic heterocycles. The smallest absolute Gasteiger partial charge is 0.315 e. The van der Waals surface area contributed by atoms with Crippen LogP contribution in [0.25, 0.3) is 21.9 Å². The van der Waals surface area contributed by atoms with Gasteiger partial charge < -0.3 is 25.2 Å². The summed E-state index contributed by atoms with van der Waals surface area (Å²) >= 11 is 0. The molecule has 0 unspecified atom stereocenters. The Bertz CT molecular complexity index is 1840. The molecule has 49 heavy (non-hydrogen) atoms. The lowest BCUT2D eigenvalue weighted by molar-refractivity contribution is -0.276. The van der Waals surface area contributed by atoms with Crippen molar-refractivity contribution in [3.63, 3.8) is 0 Å². The standard InChI is InChI=1S/C42H47N3O4/c1-5-43-42(47)44-25-37-12-8-9-13-38(37)32-19-21-34(22-20-32)41-48-39(28(2)40(49-41)33-16-14-30(27-46)15-17-33)26-45(4)29(3)35-23-18-31-10-6-7-11-36(31)24-35/h6-24,28-29,39-41,46H,5,25-27H2,1-4H3,(H2,43,44,47)/t28-,29+,39+,40+,41+/m0/s1. The molecule has 0 radical (unpaired) electrons. The summed E-state index contributed by atoms with van der Waals surface area (Å²) in [5.41, 5.74) is 7.31. The van der Waals surface area contributed by atoms with Gasteiger partial charge in [-0.3, -0.25) is 4.90 Å². The minimum absolute atomic E-state index is 0.00461. The predicted octanol–water partition coefficient (Wildman–Crippen LogP) is 8.30. The van der Waals surface area contributed by atoms with Crippen LogP contribution in [0.4, 0.5) is 4.79 Å². The van der Waals surface area contributed by atoms with Crippen molar-refractivity contribution in [2.24, 2.45) is 5.92 Å². The number of benzene rings is 5. The normalized spacial score (nSPS) is 19.9. The molecule has 2 amide bonds. The minimum Gasteiger partial charge on any atom is -0.392 e. The lowest BCUT2D eigenvalue weighted by atomic mass is 9.89. The van der Waals surface area contributed by atoms with Crippen LogP contribution in [0.3, 0.4) is 0 Å². The van der Waals surface area contributed by atoms with Crippen LogP contribution in [-0.4, -0.2) is 42.3 Å². The molecule has 6 rings (SSSR count). The number of rotatable bonds is 11. The number of aliphatic hydroxyl groups is 1. The molecule has 1 fully saturated rings. The summed E-state index contributed by atoms with van der Waals surface area (Å²) in [5.74, 6) is 0.0750. The maximum absolute atomic E-state index is 12.1. The number of ether oxygens (including phenoxy) is 2. The fraction of sp³-hybridized carbons (Fsp3) is 0.310. The summed E-state index contributed by atoms with van der Waals surface area (Å²) in [6.07, 6.45) is -0.853. The van der Waals surface area contributed by atoms with Crippen LogP contribution in [-0.2, 0) is 22.6 Å². The lowest BCUT2D eigenvalue weighted by Gasteiger charge is -2.43. The van der Waals surface area contributed by atoms with Crippen LogP contribution in [0.2, 0.25) is 0 Å². The molecule has 254 valence electrons. The van der Waals surface area contributed by atoms with E-state index in [1.165, 1.54) is 16.3 Å². The summed E-state index contributed by atoms with van der Waals surface area (Å²) < 4.78 is 13.6. The Hall–Kier alpha value is -4.53. The molecule has 5 aromatic carbocycles. The lowest BCUT2D eigenvalue weighted by Crippen LogP contribution is -2.44. The van der Waals surface area contributed by atoms with Gasteiger partial charge in [-0.05, 0) is 71.1 Å². The van der Waals surface area contributed by atoms with Crippen molar-refractivity contribution in [2.75, 3.05) is 20.1 Å². The Labute approximate surface area is 289 Å². The fourth-order valence-electron chi connectivity index (χ4n) is 6.67. The van der Waals surface area contributed by atoms with Gasteiger partial charge in [0.15, 0.2) is 6.29 Å². The van der Waals surface area contributed by atoms with Gasteiger partial charge in [-0.1, -0.05) is 116 Å². The molecule has 0 aromatic heterocycles. The number of carbonyl (C=O) groups excluding carboxylic acids is 1. The number of amides is 2. The van der Waals surface area contributed by atoms with Crippen LogP contribution < -0.4 is 10.6 Å². The van der Waals surface area contributed by atoms with Crippen LogP contribution >= 0.6 is 0 Å². The molecule has 0 aliphatic carbocycles. The molecule has 0 bridgehead atoms. The molecule has 7 nitrogen and oxygen atoms in total. The second-order valence-electron chi connectivity index (χ2n) is 13.0. The monoisotopic (exact) mass is 657 g/mol. The zero-order valence-corrected chi connectivity index (χ0v) is 28.8. The predicted molar refractivity (Wildman–Crippen MR) is 196 cm³/mol. The maximum Gasteiger partial charge on any atom is 0.315 e. The van der Waals surface area contributed by atoms with E-state index in [0.717, 1.165) is 39.9 Å². The van der Waals surface area contributed by atoms with E-state index in [2.05, 4.69) is 121 Å². The van der Waals surface area contributed by atoms with Crippen LogP contribution in [0.15, 0.2) is 115 Å². The van der Waals surface area contributed by atoms with E-state index in [1.807, 2.05) is 37.3 Å². The Balaban J connectivity index is 1.24.